The van der Waals surface area contributed by atoms with Gasteiger partial charge in [0, 0.05) is 33.2 Å². The lowest BCUT2D eigenvalue weighted by atomic mass is 9.95. The van der Waals surface area contributed by atoms with Crippen LogP contribution in [-0.4, -0.2) is 4.57 Å². The highest BCUT2D eigenvalue weighted by molar-refractivity contribution is 6.21. The summed E-state index contributed by atoms with van der Waals surface area (Å²) in [4.78, 5) is 2.45. The minimum atomic E-state index is 1.11. The average molecular weight is 637 g/mol. The maximum absolute atomic E-state index is 2.45. The summed E-state index contributed by atoms with van der Waals surface area (Å²) in [5.74, 6) is 0. The molecule has 2 heteroatoms. The molecular weight excluding hydrogens is 605 g/mol. The van der Waals surface area contributed by atoms with E-state index in [2.05, 4.69) is 204 Å². The summed E-state index contributed by atoms with van der Waals surface area (Å²) in [5, 5.41) is 9.96. The molecule has 0 aliphatic carbocycles. The first-order valence-electron chi connectivity index (χ1n) is 17.2. The van der Waals surface area contributed by atoms with Gasteiger partial charge in [-0.2, -0.15) is 0 Å². The number of fused-ring (bicyclic) bond motifs is 8. The number of para-hydroxylation sites is 2. The van der Waals surface area contributed by atoms with Gasteiger partial charge in [-0.05, 0) is 92.7 Å². The molecule has 50 heavy (non-hydrogen) atoms. The number of aromatic nitrogens is 1. The van der Waals surface area contributed by atoms with Crippen molar-refractivity contribution in [3.63, 3.8) is 0 Å². The maximum Gasteiger partial charge on any atom is 0.0546 e. The van der Waals surface area contributed by atoms with Crippen LogP contribution in [0.25, 0.3) is 70.9 Å². The van der Waals surface area contributed by atoms with Crippen LogP contribution in [0.15, 0.2) is 194 Å². The molecule has 0 unspecified atom stereocenters. The fourth-order valence-corrected chi connectivity index (χ4v) is 7.84. The van der Waals surface area contributed by atoms with Crippen LogP contribution in [0.3, 0.4) is 0 Å². The van der Waals surface area contributed by atoms with Crippen molar-refractivity contribution in [1.82, 2.24) is 4.57 Å². The van der Waals surface area contributed by atoms with Crippen molar-refractivity contribution in [2.75, 3.05) is 4.90 Å². The minimum Gasteiger partial charge on any atom is -0.310 e. The van der Waals surface area contributed by atoms with Crippen molar-refractivity contribution in [2.45, 2.75) is 0 Å². The summed E-state index contributed by atoms with van der Waals surface area (Å²) in [7, 11) is 0. The van der Waals surface area contributed by atoms with Crippen LogP contribution >= 0.6 is 0 Å². The van der Waals surface area contributed by atoms with Gasteiger partial charge in [0.2, 0.25) is 0 Å². The van der Waals surface area contributed by atoms with E-state index in [1.807, 2.05) is 0 Å². The van der Waals surface area contributed by atoms with Gasteiger partial charge in [-0.25, -0.2) is 0 Å². The summed E-state index contributed by atoms with van der Waals surface area (Å²) in [6, 6.07) is 70.5. The van der Waals surface area contributed by atoms with Crippen molar-refractivity contribution in [1.29, 1.82) is 0 Å². The molecule has 10 rings (SSSR count). The van der Waals surface area contributed by atoms with Crippen LogP contribution in [-0.2, 0) is 0 Å². The number of benzene rings is 9. The van der Waals surface area contributed by atoms with Crippen LogP contribution < -0.4 is 4.90 Å². The van der Waals surface area contributed by atoms with E-state index in [1.165, 1.54) is 65.3 Å². The normalized spacial score (nSPS) is 11.6. The van der Waals surface area contributed by atoms with Crippen molar-refractivity contribution in [2.24, 2.45) is 0 Å². The quantitative estimate of drug-likeness (QED) is 0.171. The Kier molecular flexibility index (Phi) is 6.53. The first-order valence-corrected chi connectivity index (χ1v) is 17.2. The summed E-state index contributed by atoms with van der Waals surface area (Å²) >= 11 is 0. The SMILES string of the molecule is c1ccc(-c2ccc(N(c3ccc4c(c3)c3ccccc3n4-c3ccccc3)c3cc4c5ccccc5ccc4c4ccccc34)cc2)cc1. The van der Waals surface area contributed by atoms with Gasteiger partial charge in [0.25, 0.3) is 0 Å². The Bertz CT molecular complexity index is 2850. The van der Waals surface area contributed by atoms with E-state index in [0.29, 0.717) is 0 Å². The molecule has 2 nitrogen and oxygen atoms in total. The summed E-state index contributed by atoms with van der Waals surface area (Å²) in [6.45, 7) is 0. The van der Waals surface area contributed by atoms with Gasteiger partial charge in [0.15, 0.2) is 0 Å². The van der Waals surface area contributed by atoms with E-state index in [1.54, 1.807) is 0 Å². The second-order valence-corrected chi connectivity index (χ2v) is 13.0. The van der Waals surface area contributed by atoms with E-state index in [-0.39, 0.29) is 0 Å². The minimum absolute atomic E-state index is 1.11. The molecule has 0 aliphatic rings. The molecule has 0 amide bonds. The molecule has 0 atom stereocenters. The highest BCUT2D eigenvalue weighted by Crippen LogP contribution is 2.45. The molecule has 0 bridgehead atoms. The van der Waals surface area contributed by atoms with E-state index in [4.69, 9.17) is 0 Å². The standard InChI is InChI=1S/C48H32N2/c1-3-13-33(14-4-1)34-23-26-37(27-24-34)49(48-32-44-39-18-8-7-15-35(39)25-29-41(44)40-19-9-10-20-42(40)48)38-28-30-47-45(31-38)43-21-11-12-22-46(43)50(47)36-16-5-2-6-17-36/h1-32H. The second-order valence-electron chi connectivity index (χ2n) is 13.0. The third kappa shape index (κ3) is 4.50. The Hall–Kier alpha value is -6.64. The summed E-state index contributed by atoms with van der Waals surface area (Å²) < 4.78 is 2.38. The van der Waals surface area contributed by atoms with Gasteiger partial charge >= 0.3 is 0 Å². The fraction of sp³-hybridized carbons (Fsp3) is 0. The zero-order valence-corrected chi connectivity index (χ0v) is 27.4. The van der Waals surface area contributed by atoms with E-state index in [0.717, 1.165) is 22.7 Å². The Morgan fingerprint density at radius 3 is 1.70 bits per heavy atom. The molecule has 0 saturated carbocycles. The smallest absolute Gasteiger partial charge is 0.0546 e. The highest BCUT2D eigenvalue weighted by atomic mass is 15.1. The Labute approximate surface area is 290 Å². The molecule has 0 saturated heterocycles. The first-order chi connectivity index (χ1) is 24.8. The van der Waals surface area contributed by atoms with Crippen molar-refractivity contribution in [3.05, 3.63) is 194 Å². The molecule has 0 radical (unpaired) electrons. The zero-order chi connectivity index (χ0) is 33.0. The van der Waals surface area contributed by atoms with Gasteiger partial charge in [0.1, 0.15) is 0 Å². The molecule has 0 N–H and O–H groups in total. The molecule has 1 aromatic heterocycles. The number of nitrogens with zero attached hydrogens (tertiary/aromatic N) is 2. The first kappa shape index (κ1) is 28.4. The topological polar surface area (TPSA) is 8.17 Å². The molecule has 0 aliphatic heterocycles. The Morgan fingerprint density at radius 2 is 0.900 bits per heavy atom. The third-order valence-electron chi connectivity index (χ3n) is 10.1. The van der Waals surface area contributed by atoms with Gasteiger partial charge in [-0.1, -0.05) is 140 Å². The molecule has 10 aromatic rings. The number of hydrogen-bond acceptors (Lipinski definition) is 1. The molecular formula is C48H32N2. The Balaban J connectivity index is 1.27. The molecule has 0 spiro atoms. The van der Waals surface area contributed by atoms with Crippen LogP contribution in [0.2, 0.25) is 0 Å². The predicted molar refractivity (Wildman–Crippen MR) is 213 cm³/mol. The predicted octanol–water partition coefficient (Wildman–Crippen LogP) is 13.4. The molecule has 0 fully saturated rings. The zero-order valence-electron chi connectivity index (χ0n) is 27.4. The molecule has 9 aromatic carbocycles. The molecule has 234 valence electrons. The summed E-state index contributed by atoms with van der Waals surface area (Å²) in [5.41, 5.74) is 9.34. The van der Waals surface area contributed by atoms with Crippen molar-refractivity contribution >= 4 is 71.2 Å². The largest absolute Gasteiger partial charge is 0.310 e. The number of anilines is 3. The Morgan fingerprint density at radius 1 is 0.320 bits per heavy atom. The van der Waals surface area contributed by atoms with Crippen LogP contribution in [0.4, 0.5) is 17.1 Å². The lowest BCUT2D eigenvalue weighted by Crippen LogP contribution is -2.10. The monoisotopic (exact) mass is 636 g/mol. The van der Waals surface area contributed by atoms with Crippen LogP contribution in [0.5, 0.6) is 0 Å². The third-order valence-corrected chi connectivity index (χ3v) is 10.1. The van der Waals surface area contributed by atoms with Gasteiger partial charge < -0.3 is 9.47 Å². The lowest BCUT2D eigenvalue weighted by Gasteiger charge is -2.28. The molecule has 1 heterocycles. The van der Waals surface area contributed by atoms with Gasteiger partial charge in [0.05, 0.1) is 16.7 Å². The van der Waals surface area contributed by atoms with E-state index >= 15 is 0 Å². The summed E-state index contributed by atoms with van der Waals surface area (Å²) in [6.07, 6.45) is 0. The van der Waals surface area contributed by atoms with E-state index in [9.17, 15) is 0 Å². The van der Waals surface area contributed by atoms with Gasteiger partial charge in [-0.3, -0.25) is 0 Å². The van der Waals surface area contributed by atoms with Gasteiger partial charge in [-0.15, -0.1) is 0 Å². The average Bonchev–Trinajstić information content (AvgIpc) is 3.52. The van der Waals surface area contributed by atoms with Crippen molar-refractivity contribution < 1.29 is 0 Å². The van der Waals surface area contributed by atoms with E-state index < -0.39 is 0 Å². The number of rotatable bonds is 5. The highest BCUT2D eigenvalue weighted by Gasteiger charge is 2.20. The van der Waals surface area contributed by atoms with Crippen LogP contribution in [0.1, 0.15) is 0 Å². The number of hydrogen-bond donors (Lipinski definition) is 0. The fourth-order valence-electron chi connectivity index (χ4n) is 7.84. The van der Waals surface area contributed by atoms with Crippen LogP contribution in [0, 0.1) is 0 Å². The maximum atomic E-state index is 2.45. The second kappa shape index (κ2) is 11.5. The lowest BCUT2D eigenvalue weighted by molar-refractivity contribution is 1.18. The van der Waals surface area contributed by atoms with Crippen molar-refractivity contribution in [3.8, 4) is 16.8 Å².